The number of aliphatic hydroxyl groups excluding tert-OH is 1. The van der Waals surface area contributed by atoms with Gasteiger partial charge in [0.2, 0.25) is 5.91 Å². The number of ether oxygens (including phenoxy) is 1. The Labute approximate surface area is 182 Å². The molecule has 150 valence electrons. The summed E-state index contributed by atoms with van der Waals surface area (Å²) in [4.78, 5) is 15.1. The van der Waals surface area contributed by atoms with Gasteiger partial charge in [-0.1, -0.05) is 36.4 Å². The summed E-state index contributed by atoms with van der Waals surface area (Å²) < 4.78 is 5.98. The van der Waals surface area contributed by atoms with Crippen LogP contribution >= 0.6 is 22.7 Å². The van der Waals surface area contributed by atoms with E-state index in [4.69, 9.17) is 4.74 Å². The van der Waals surface area contributed by atoms with E-state index in [1.54, 1.807) is 11.3 Å². The normalized spacial score (nSPS) is 13.8. The van der Waals surface area contributed by atoms with Gasteiger partial charge in [-0.15, -0.1) is 11.3 Å². The van der Waals surface area contributed by atoms with Crippen molar-refractivity contribution in [1.29, 1.82) is 0 Å². The number of thiophene rings is 2. The van der Waals surface area contributed by atoms with Gasteiger partial charge in [-0.05, 0) is 46.7 Å². The van der Waals surface area contributed by atoms with Crippen LogP contribution in [-0.2, 0) is 11.3 Å². The molecule has 30 heavy (non-hydrogen) atoms. The predicted molar refractivity (Wildman–Crippen MR) is 119 cm³/mol. The Kier molecular flexibility index (Phi) is 5.12. The molecule has 0 saturated heterocycles. The molecule has 5 rings (SSSR count). The SMILES string of the molecule is O=C(NCc1ccc([C@@H](O)c2ccsc2)s1)C1c2ccccc2Oc2ccccc21. The molecular formula is C24H19NO3S2. The maximum absolute atomic E-state index is 13.2. The van der Waals surface area contributed by atoms with E-state index in [9.17, 15) is 9.90 Å². The fourth-order valence-electron chi connectivity index (χ4n) is 3.70. The second-order valence-electron chi connectivity index (χ2n) is 7.09. The average Bonchev–Trinajstić information content (AvgIpc) is 3.48. The van der Waals surface area contributed by atoms with Gasteiger partial charge in [-0.3, -0.25) is 4.79 Å². The molecule has 1 amide bonds. The molecule has 0 aliphatic carbocycles. The van der Waals surface area contributed by atoms with Gasteiger partial charge in [-0.25, -0.2) is 0 Å². The minimum absolute atomic E-state index is 0.0634. The molecule has 3 heterocycles. The number of amides is 1. The first-order chi connectivity index (χ1) is 14.7. The zero-order chi connectivity index (χ0) is 20.5. The molecule has 0 bridgehead atoms. The van der Waals surface area contributed by atoms with Crippen molar-refractivity contribution in [3.8, 4) is 11.5 Å². The summed E-state index contributed by atoms with van der Waals surface area (Å²) in [6, 6.07) is 21.1. The summed E-state index contributed by atoms with van der Waals surface area (Å²) in [6.45, 7) is 0.418. The van der Waals surface area contributed by atoms with Crippen LogP contribution < -0.4 is 10.1 Å². The van der Waals surface area contributed by atoms with Crippen molar-refractivity contribution in [2.45, 2.75) is 18.6 Å². The monoisotopic (exact) mass is 433 g/mol. The number of carbonyl (C=O) groups excluding carboxylic acids is 1. The summed E-state index contributed by atoms with van der Waals surface area (Å²) in [5.74, 6) is 0.954. The van der Waals surface area contributed by atoms with E-state index in [2.05, 4.69) is 5.32 Å². The molecule has 2 N–H and O–H groups in total. The van der Waals surface area contributed by atoms with Gasteiger partial charge in [0, 0.05) is 20.9 Å². The highest BCUT2D eigenvalue weighted by Gasteiger charge is 2.32. The number of fused-ring (bicyclic) bond motifs is 2. The van der Waals surface area contributed by atoms with E-state index >= 15 is 0 Å². The Morgan fingerprint density at radius 1 is 1.00 bits per heavy atom. The number of carbonyl (C=O) groups is 1. The van der Waals surface area contributed by atoms with E-state index in [1.807, 2.05) is 77.5 Å². The molecule has 0 unspecified atom stereocenters. The molecule has 4 nitrogen and oxygen atoms in total. The van der Waals surface area contributed by atoms with Crippen LogP contribution in [0, 0.1) is 0 Å². The molecule has 0 spiro atoms. The molecule has 0 fully saturated rings. The van der Waals surface area contributed by atoms with Gasteiger partial charge >= 0.3 is 0 Å². The molecule has 1 atom stereocenters. The Hall–Kier alpha value is -2.93. The van der Waals surface area contributed by atoms with Crippen LogP contribution in [0.5, 0.6) is 11.5 Å². The third-order valence-corrected chi connectivity index (χ3v) is 7.03. The molecule has 0 saturated carbocycles. The van der Waals surface area contributed by atoms with Gasteiger partial charge in [0.05, 0.1) is 12.5 Å². The lowest BCUT2D eigenvalue weighted by Gasteiger charge is -2.27. The van der Waals surface area contributed by atoms with Crippen LogP contribution in [-0.4, -0.2) is 11.0 Å². The third kappa shape index (κ3) is 3.54. The average molecular weight is 434 g/mol. The van der Waals surface area contributed by atoms with Gasteiger partial charge in [-0.2, -0.15) is 11.3 Å². The minimum Gasteiger partial charge on any atom is -0.457 e. The van der Waals surface area contributed by atoms with Crippen LogP contribution in [0.3, 0.4) is 0 Å². The van der Waals surface area contributed by atoms with E-state index in [-0.39, 0.29) is 5.91 Å². The molecule has 1 aliphatic rings. The number of nitrogens with one attached hydrogen (secondary N) is 1. The highest BCUT2D eigenvalue weighted by molar-refractivity contribution is 7.12. The smallest absolute Gasteiger partial charge is 0.232 e. The van der Waals surface area contributed by atoms with Crippen LogP contribution in [0.1, 0.15) is 38.5 Å². The lowest BCUT2D eigenvalue weighted by Crippen LogP contribution is -2.31. The summed E-state index contributed by atoms with van der Waals surface area (Å²) in [5, 5.41) is 17.5. The van der Waals surface area contributed by atoms with Crippen molar-refractivity contribution in [3.63, 3.8) is 0 Å². The van der Waals surface area contributed by atoms with E-state index in [1.165, 1.54) is 11.3 Å². The number of hydrogen-bond donors (Lipinski definition) is 2. The standard InChI is InChI=1S/C24H19NO3S2/c26-23(15-11-12-29-14-15)21-10-9-16(30-21)13-25-24(27)22-17-5-1-3-7-19(17)28-20-8-4-2-6-18(20)22/h1-12,14,22-23,26H,13H2,(H,25,27)/t23-/m0/s1. The zero-order valence-corrected chi connectivity index (χ0v) is 17.6. The van der Waals surface area contributed by atoms with Gasteiger partial charge in [0.25, 0.3) is 0 Å². The van der Waals surface area contributed by atoms with Gasteiger partial charge < -0.3 is 15.2 Å². The largest absolute Gasteiger partial charge is 0.457 e. The van der Waals surface area contributed by atoms with Crippen molar-refractivity contribution >= 4 is 28.6 Å². The first-order valence-corrected chi connectivity index (χ1v) is 11.4. The fourth-order valence-corrected chi connectivity index (χ4v) is 5.35. The number of hydrogen-bond acceptors (Lipinski definition) is 5. The van der Waals surface area contributed by atoms with Crippen LogP contribution in [0.4, 0.5) is 0 Å². The van der Waals surface area contributed by atoms with Crippen LogP contribution in [0.25, 0.3) is 0 Å². The predicted octanol–water partition coefficient (Wildman–Crippen LogP) is 5.45. The maximum atomic E-state index is 13.2. The highest BCUT2D eigenvalue weighted by Crippen LogP contribution is 2.44. The van der Waals surface area contributed by atoms with E-state index in [0.29, 0.717) is 18.0 Å². The van der Waals surface area contributed by atoms with Crippen molar-refractivity contribution in [2.24, 2.45) is 0 Å². The molecular weight excluding hydrogens is 414 g/mol. The fraction of sp³-hybridized carbons (Fsp3) is 0.125. The number of aliphatic hydroxyl groups is 1. The number of rotatable bonds is 5. The van der Waals surface area contributed by atoms with Crippen molar-refractivity contribution in [1.82, 2.24) is 5.32 Å². The molecule has 4 aromatic rings. The van der Waals surface area contributed by atoms with Crippen LogP contribution in [0.2, 0.25) is 0 Å². The summed E-state index contributed by atoms with van der Waals surface area (Å²) in [5.41, 5.74) is 2.63. The Morgan fingerprint density at radius 3 is 2.37 bits per heavy atom. The number of benzene rings is 2. The van der Waals surface area contributed by atoms with Crippen LogP contribution in [0.15, 0.2) is 77.5 Å². The number of para-hydroxylation sites is 2. The zero-order valence-electron chi connectivity index (χ0n) is 15.9. The molecule has 6 heteroatoms. The lowest BCUT2D eigenvalue weighted by atomic mass is 9.87. The van der Waals surface area contributed by atoms with Gasteiger partial charge in [0.1, 0.15) is 17.6 Å². The summed E-state index contributed by atoms with van der Waals surface area (Å²) in [7, 11) is 0. The molecule has 2 aromatic carbocycles. The maximum Gasteiger partial charge on any atom is 0.232 e. The quantitative estimate of drug-likeness (QED) is 0.440. The Bertz CT molecular complexity index is 1140. The molecule has 1 aliphatic heterocycles. The van der Waals surface area contributed by atoms with Crippen molar-refractivity contribution < 1.29 is 14.6 Å². The molecule has 2 aromatic heterocycles. The lowest BCUT2D eigenvalue weighted by molar-refractivity contribution is -0.122. The van der Waals surface area contributed by atoms with Crippen molar-refractivity contribution in [2.75, 3.05) is 0 Å². The van der Waals surface area contributed by atoms with E-state index in [0.717, 1.165) is 26.4 Å². The topological polar surface area (TPSA) is 58.6 Å². The summed E-state index contributed by atoms with van der Waals surface area (Å²) >= 11 is 3.08. The van der Waals surface area contributed by atoms with E-state index < -0.39 is 12.0 Å². The van der Waals surface area contributed by atoms with Gasteiger partial charge in [0.15, 0.2) is 0 Å². The second kappa shape index (κ2) is 8.07. The Morgan fingerprint density at radius 2 is 1.70 bits per heavy atom. The highest BCUT2D eigenvalue weighted by atomic mass is 32.1. The second-order valence-corrected chi connectivity index (χ2v) is 9.07. The molecule has 0 radical (unpaired) electrons. The minimum atomic E-state index is -0.625. The first-order valence-electron chi connectivity index (χ1n) is 9.63. The third-order valence-electron chi connectivity index (χ3n) is 5.19. The summed E-state index contributed by atoms with van der Waals surface area (Å²) in [6.07, 6.45) is -0.625. The van der Waals surface area contributed by atoms with Crippen molar-refractivity contribution in [3.05, 3.63) is 104 Å². The Balaban J connectivity index is 1.34. The first kappa shape index (κ1) is 19.1.